The van der Waals surface area contributed by atoms with E-state index >= 15 is 0 Å². The second kappa shape index (κ2) is 4.34. The minimum Gasteiger partial charge on any atom is -0.354 e. The molecule has 0 saturated heterocycles. The van der Waals surface area contributed by atoms with Crippen molar-refractivity contribution in [2.75, 3.05) is 5.32 Å². The van der Waals surface area contributed by atoms with Gasteiger partial charge in [-0.05, 0) is 29.5 Å². The van der Waals surface area contributed by atoms with Crippen LogP contribution in [0.4, 0.5) is 11.4 Å². The van der Waals surface area contributed by atoms with Crippen LogP contribution in [0.25, 0.3) is 22.0 Å². The van der Waals surface area contributed by atoms with Crippen LogP contribution in [0, 0.1) is 0 Å². The summed E-state index contributed by atoms with van der Waals surface area (Å²) in [7, 11) is 0. The Morgan fingerprint density at radius 3 is 2.75 bits per heavy atom. The molecule has 0 radical (unpaired) electrons. The van der Waals surface area contributed by atoms with Gasteiger partial charge in [-0.25, -0.2) is 0 Å². The quantitative estimate of drug-likeness (QED) is 0.554. The number of hydrogen-bond acceptors (Lipinski definition) is 2. The SMILES string of the molecule is CCCc1cnc2c3c(cccc13)Nc1ccccc1-2. The summed E-state index contributed by atoms with van der Waals surface area (Å²) in [6.45, 7) is 2.21. The molecule has 1 aliphatic heterocycles. The Morgan fingerprint density at radius 1 is 1.00 bits per heavy atom. The van der Waals surface area contributed by atoms with Crippen LogP contribution in [0.15, 0.2) is 48.7 Å². The van der Waals surface area contributed by atoms with E-state index in [1.54, 1.807) is 0 Å². The van der Waals surface area contributed by atoms with E-state index in [-0.39, 0.29) is 0 Å². The van der Waals surface area contributed by atoms with Crippen molar-refractivity contribution in [3.8, 4) is 11.3 Å². The molecule has 0 spiro atoms. The van der Waals surface area contributed by atoms with Crippen LogP contribution in [0.2, 0.25) is 0 Å². The van der Waals surface area contributed by atoms with Crippen molar-refractivity contribution in [3.63, 3.8) is 0 Å². The molecule has 2 aromatic carbocycles. The molecule has 4 rings (SSSR count). The van der Waals surface area contributed by atoms with Crippen LogP contribution in [0.1, 0.15) is 18.9 Å². The zero-order chi connectivity index (χ0) is 13.5. The zero-order valence-corrected chi connectivity index (χ0v) is 11.5. The van der Waals surface area contributed by atoms with Crippen molar-refractivity contribution >= 4 is 22.1 Å². The first-order chi connectivity index (χ1) is 9.88. The fourth-order valence-electron chi connectivity index (χ4n) is 3.07. The van der Waals surface area contributed by atoms with E-state index in [1.165, 1.54) is 27.6 Å². The second-order valence-electron chi connectivity index (χ2n) is 5.28. The standard InChI is InChI=1S/C18H16N2/c1-2-6-12-11-19-18-14-7-3-4-9-15(14)20-16-10-5-8-13(12)17(16)18/h3-5,7-11,20H,2,6H2,1H3. The molecule has 20 heavy (non-hydrogen) atoms. The predicted octanol–water partition coefficient (Wildman–Crippen LogP) is 4.91. The predicted molar refractivity (Wildman–Crippen MR) is 84.5 cm³/mol. The Balaban J connectivity index is 2.09. The van der Waals surface area contributed by atoms with Crippen molar-refractivity contribution < 1.29 is 0 Å². The van der Waals surface area contributed by atoms with E-state index < -0.39 is 0 Å². The molecule has 0 fully saturated rings. The largest absolute Gasteiger partial charge is 0.354 e. The molecule has 3 aromatic rings. The van der Waals surface area contributed by atoms with Gasteiger partial charge in [0.15, 0.2) is 0 Å². The summed E-state index contributed by atoms with van der Waals surface area (Å²) in [5.41, 5.74) is 5.95. The lowest BCUT2D eigenvalue weighted by Gasteiger charge is -2.22. The van der Waals surface area contributed by atoms with Crippen molar-refractivity contribution in [3.05, 3.63) is 54.2 Å². The van der Waals surface area contributed by atoms with E-state index in [9.17, 15) is 0 Å². The summed E-state index contributed by atoms with van der Waals surface area (Å²) in [4.78, 5) is 4.76. The highest BCUT2D eigenvalue weighted by Crippen LogP contribution is 2.43. The van der Waals surface area contributed by atoms with Crippen LogP contribution in [0.5, 0.6) is 0 Å². The number of aromatic nitrogens is 1. The van der Waals surface area contributed by atoms with Gasteiger partial charge in [-0.3, -0.25) is 4.98 Å². The van der Waals surface area contributed by atoms with Crippen molar-refractivity contribution in [2.24, 2.45) is 0 Å². The van der Waals surface area contributed by atoms with Gasteiger partial charge in [-0.15, -0.1) is 0 Å². The van der Waals surface area contributed by atoms with Crippen LogP contribution in [0.3, 0.4) is 0 Å². The fourth-order valence-corrected chi connectivity index (χ4v) is 3.07. The number of nitrogens with zero attached hydrogens (tertiary/aromatic N) is 1. The second-order valence-corrected chi connectivity index (χ2v) is 5.28. The summed E-state index contributed by atoms with van der Waals surface area (Å²) in [5, 5.41) is 6.13. The van der Waals surface area contributed by atoms with Crippen LogP contribution < -0.4 is 5.32 Å². The maximum atomic E-state index is 4.76. The highest BCUT2D eigenvalue weighted by atomic mass is 14.9. The number of benzene rings is 2. The Bertz CT molecular complexity index is 806. The highest BCUT2D eigenvalue weighted by molar-refractivity contribution is 6.10. The molecule has 0 saturated carbocycles. The van der Waals surface area contributed by atoms with Crippen molar-refractivity contribution in [2.45, 2.75) is 19.8 Å². The van der Waals surface area contributed by atoms with Gasteiger partial charge in [0.2, 0.25) is 0 Å². The molecule has 0 amide bonds. The number of anilines is 2. The van der Waals surface area contributed by atoms with Crippen molar-refractivity contribution in [1.29, 1.82) is 0 Å². The number of pyridine rings is 1. The van der Waals surface area contributed by atoms with E-state index in [1.807, 2.05) is 6.20 Å². The third kappa shape index (κ3) is 1.54. The average molecular weight is 260 g/mol. The molecule has 0 aliphatic carbocycles. The highest BCUT2D eigenvalue weighted by Gasteiger charge is 2.19. The molecular weight excluding hydrogens is 244 g/mol. The number of nitrogens with one attached hydrogen (secondary N) is 1. The third-order valence-electron chi connectivity index (χ3n) is 3.97. The third-order valence-corrected chi connectivity index (χ3v) is 3.97. The Labute approximate surface area is 118 Å². The number of aryl methyl sites for hydroxylation is 1. The molecule has 1 aromatic heterocycles. The molecule has 0 unspecified atom stereocenters. The van der Waals surface area contributed by atoms with Gasteiger partial charge in [0.25, 0.3) is 0 Å². The van der Waals surface area contributed by atoms with E-state index in [4.69, 9.17) is 4.98 Å². The van der Waals surface area contributed by atoms with Gasteiger partial charge in [-0.2, -0.15) is 0 Å². The lowest BCUT2D eigenvalue weighted by Crippen LogP contribution is -2.03. The Hall–Kier alpha value is -2.35. The van der Waals surface area contributed by atoms with Crippen LogP contribution in [-0.4, -0.2) is 4.98 Å². The van der Waals surface area contributed by atoms with Crippen molar-refractivity contribution in [1.82, 2.24) is 4.98 Å². The molecule has 2 heteroatoms. The molecule has 0 bridgehead atoms. The first-order valence-electron chi connectivity index (χ1n) is 7.15. The van der Waals surface area contributed by atoms with Gasteiger partial charge in [0.05, 0.1) is 5.69 Å². The lowest BCUT2D eigenvalue weighted by molar-refractivity contribution is 0.923. The smallest absolute Gasteiger partial charge is 0.0822 e. The van der Waals surface area contributed by atoms with E-state index in [0.717, 1.165) is 24.2 Å². The first kappa shape index (κ1) is 11.5. The summed E-state index contributed by atoms with van der Waals surface area (Å²) in [5.74, 6) is 0. The summed E-state index contributed by atoms with van der Waals surface area (Å²) in [6, 6.07) is 14.9. The number of rotatable bonds is 2. The number of fused-ring (bicyclic) bond motifs is 2. The van der Waals surface area contributed by atoms with Gasteiger partial charge in [0, 0.05) is 28.5 Å². The summed E-state index contributed by atoms with van der Waals surface area (Å²) in [6.07, 6.45) is 4.27. The first-order valence-corrected chi connectivity index (χ1v) is 7.15. The maximum Gasteiger partial charge on any atom is 0.0822 e. The van der Waals surface area contributed by atoms with Gasteiger partial charge in [-0.1, -0.05) is 43.7 Å². The molecule has 0 atom stereocenters. The number of hydrogen-bond donors (Lipinski definition) is 1. The topological polar surface area (TPSA) is 24.9 Å². The van der Waals surface area contributed by atoms with E-state index in [2.05, 4.69) is 54.7 Å². The fraction of sp³-hybridized carbons (Fsp3) is 0.167. The van der Waals surface area contributed by atoms with Crippen LogP contribution in [-0.2, 0) is 6.42 Å². The minimum absolute atomic E-state index is 1.08. The molecule has 1 aliphatic rings. The van der Waals surface area contributed by atoms with Crippen LogP contribution >= 0.6 is 0 Å². The molecule has 2 heterocycles. The summed E-state index contributed by atoms with van der Waals surface area (Å²) < 4.78 is 0. The number of para-hydroxylation sites is 1. The van der Waals surface area contributed by atoms with Gasteiger partial charge < -0.3 is 5.32 Å². The lowest BCUT2D eigenvalue weighted by atomic mass is 9.94. The average Bonchev–Trinajstić information content (AvgIpc) is 2.50. The molecule has 1 N–H and O–H groups in total. The molecular formula is C18H16N2. The van der Waals surface area contributed by atoms with Gasteiger partial charge >= 0.3 is 0 Å². The minimum atomic E-state index is 1.08. The molecule has 98 valence electrons. The maximum absolute atomic E-state index is 4.76. The molecule has 2 nitrogen and oxygen atoms in total. The van der Waals surface area contributed by atoms with Gasteiger partial charge in [0.1, 0.15) is 0 Å². The Kier molecular flexibility index (Phi) is 2.49. The normalized spacial score (nSPS) is 12.1. The summed E-state index contributed by atoms with van der Waals surface area (Å²) >= 11 is 0. The monoisotopic (exact) mass is 260 g/mol. The Morgan fingerprint density at radius 2 is 1.85 bits per heavy atom. The zero-order valence-electron chi connectivity index (χ0n) is 11.5. The van der Waals surface area contributed by atoms with E-state index in [0.29, 0.717) is 0 Å².